The molecule has 3 aromatic carbocycles. The molecule has 0 spiro atoms. The van der Waals surface area contributed by atoms with Crippen molar-refractivity contribution in [2.24, 2.45) is 0 Å². The maximum absolute atomic E-state index is 12.9. The van der Waals surface area contributed by atoms with E-state index in [4.69, 9.17) is 5.10 Å². The van der Waals surface area contributed by atoms with E-state index in [1.165, 1.54) is 4.90 Å². The summed E-state index contributed by atoms with van der Waals surface area (Å²) in [5.74, 6) is -0.345. The highest BCUT2D eigenvalue weighted by molar-refractivity contribution is 5.95. The minimum atomic E-state index is -0.216. The summed E-state index contributed by atoms with van der Waals surface area (Å²) in [5, 5.41) is 7.80. The van der Waals surface area contributed by atoms with Crippen LogP contribution in [0.3, 0.4) is 0 Å². The molecule has 0 saturated heterocycles. The van der Waals surface area contributed by atoms with Crippen molar-refractivity contribution in [3.05, 3.63) is 102 Å². The van der Waals surface area contributed by atoms with Crippen LogP contribution in [0.25, 0.3) is 16.9 Å². The minimum absolute atomic E-state index is 0.0122. The zero-order valence-electron chi connectivity index (χ0n) is 21.8. The monoisotopic (exact) mass is 495 g/mol. The SMILES string of the molecule is Cc1cccc(C)c1NC(=O)CN(C)C(=O)CN(C)Cc1cn(-c2ccccc2)nc1-c1ccccc1. The zero-order chi connectivity index (χ0) is 26.4. The lowest BCUT2D eigenvalue weighted by Gasteiger charge is -2.22. The molecule has 0 fully saturated rings. The molecule has 0 atom stereocenters. The first kappa shape index (κ1) is 25.9. The van der Waals surface area contributed by atoms with Gasteiger partial charge in [0.05, 0.1) is 24.5 Å². The highest BCUT2D eigenvalue weighted by Crippen LogP contribution is 2.25. The van der Waals surface area contributed by atoms with Crippen molar-refractivity contribution in [3.63, 3.8) is 0 Å². The summed E-state index contributed by atoms with van der Waals surface area (Å²) < 4.78 is 1.87. The molecule has 4 aromatic rings. The summed E-state index contributed by atoms with van der Waals surface area (Å²) in [7, 11) is 3.56. The van der Waals surface area contributed by atoms with Crippen LogP contribution in [0.15, 0.2) is 85.1 Å². The van der Waals surface area contributed by atoms with Crippen LogP contribution in [-0.4, -0.2) is 58.6 Å². The Morgan fingerprint density at radius 3 is 2.11 bits per heavy atom. The van der Waals surface area contributed by atoms with Crippen LogP contribution >= 0.6 is 0 Å². The summed E-state index contributed by atoms with van der Waals surface area (Å²) in [5.41, 5.74) is 6.67. The highest BCUT2D eigenvalue weighted by atomic mass is 16.2. The van der Waals surface area contributed by atoms with Gasteiger partial charge in [-0.3, -0.25) is 14.5 Å². The molecule has 37 heavy (non-hydrogen) atoms. The quantitative estimate of drug-likeness (QED) is 0.366. The molecule has 0 aliphatic carbocycles. The Balaban J connectivity index is 1.42. The number of carbonyl (C=O) groups is 2. The molecule has 7 heteroatoms. The summed E-state index contributed by atoms with van der Waals surface area (Å²) in [6.45, 7) is 4.61. The standard InChI is InChI=1S/C30H33N5O2/c1-22-12-11-13-23(2)29(22)31-27(36)20-34(4)28(37)21-33(3)18-25-19-35(26-16-9-6-10-17-26)32-30(25)24-14-7-5-8-15-24/h5-17,19H,18,20-21H2,1-4H3,(H,31,36). The van der Waals surface area contributed by atoms with E-state index in [0.717, 1.165) is 39.3 Å². The first-order valence-electron chi connectivity index (χ1n) is 12.3. The number of aryl methyl sites for hydroxylation is 2. The van der Waals surface area contributed by atoms with Crippen molar-refractivity contribution in [1.82, 2.24) is 19.6 Å². The summed E-state index contributed by atoms with van der Waals surface area (Å²) in [6.07, 6.45) is 2.01. The van der Waals surface area contributed by atoms with E-state index in [1.807, 2.05) is 116 Å². The van der Waals surface area contributed by atoms with E-state index in [-0.39, 0.29) is 24.9 Å². The molecule has 0 aliphatic heterocycles. The number of benzene rings is 3. The number of para-hydroxylation sites is 2. The topological polar surface area (TPSA) is 70.5 Å². The predicted molar refractivity (Wildman–Crippen MR) is 148 cm³/mol. The number of nitrogens with one attached hydrogen (secondary N) is 1. The molecule has 1 aromatic heterocycles. The molecule has 4 rings (SSSR count). The molecule has 0 aliphatic rings. The van der Waals surface area contributed by atoms with Crippen molar-refractivity contribution >= 4 is 17.5 Å². The van der Waals surface area contributed by atoms with Crippen molar-refractivity contribution in [3.8, 4) is 16.9 Å². The number of likely N-dealkylation sites (N-methyl/N-ethyl adjacent to an activating group) is 2. The van der Waals surface area contributed by atoms with Crippen LogP contribution in [0, 0.1) is 13.8 Å². The third kappa shape index (κ3) is 6.51. The molecule has 1 heterocycles. The summed E-state index contributed by atoms with van der Waals surface area (Å²) in [6, 6.07) is 25.9. The Labute approximate surface area is 218 Å². The van der Waals surface area contributed by atoms with Crippen molar-refractivity contribution in [2.45, 2.75) is 20.4 Å². The fourth-order valence-electron chi connectivity index (χ4n) is 4.27. The van der Waals surface area contributed by atoms with Crippen LogP contribution in [0.5, 0.6) is 0 Å². The highest BCUT2D eigenvalue weighted by Gasteiger charge is 2.19. The van der Waals surface area contributed by atoms with E-state index >= 15 is 0 Å². The van der Waals surface area contributed by atoms with E-state index in [0.29, 0.717) is 6.54 Å². The second-order valence-corrected chi connectivity index (χ2v) is 9.39. The van der Waals surface area contributed by atoms with Gasteiger partial charge in [-0.25, -0.2) is 4.68 Å². The van der Waals surface area contributed by atoms with Gasteiger partial charge in [-0.15, -0.1) is 0 Å². The molecule has 2 amide bonds. The average molecular weight is 496 g/mol. The molecular weight excluding hydrogens is 462 g/mol. The number of amides is 2. The molecule has 1 N–H and O–H groups in total. The second-order valence-electron chi connectivity index (χ2n) is 9.39. The Kier molecular flexibility index (Phi) is 8.15. The Morgan fingerprint density at radius 2 is 1.46 bits per heavy atom. The predicted octanol–water partition coefficient (Wildman–Crippen LogP) is 4.69. The number of hydrogen-bond acceptors (Lipinski definition) is 4. The van der Waals surface area contributed by atoms with Crippen LogP contribution in [0.2, 0.25) is 0 Å². The van der Waals surface area contributed by atoms with E-state index in [9.17, 15) is 9.59 Å². The fourth-order valence-corrected chi connectivity index (χ4v) is 4.27. The number of nitrogens with zero attached hydrogens (tertiary/aromatic N) is 4. The van der Waals surface area contributed by atoms with Crippen molar-refractivity contribution in [2.75, 3.05) is 32.5 Å². The second kappa shape index (κ2) is 11.7. The van der Waals surface area contributed by atoms with Gasteiger partial charge in [0.2, 0.25) is 11.8 Å². The van der Waals surface area contributed by atoms with Gasteiger partial charge in [0.25, 0.3) is 0 Å². The fraction of sp³-hybridized carbons (Fsp3) is 0.233. The van der Waals surface area contributed by atoms with Gasteiger partial charge >= 0.3 is 0 Å². The van der Waals surface area contributed by atoms with Crippen LogP contribution < -0.4 is 5.32 Å². The zero-order valence-corrected chi connectivity index (χ0v) is 21.8. The molecular formula is C30H33N5O2. The molecule has 0 bridgehead atoms. The molecule has 7 nitrogen and oxygen atoms in total. The van der Waals surface area contributed by atoms with E-state index < -0.39 is 0 Å². The summed E-state index contributed by atoms with van der Waals surface area (Å²) in [4.78, 5) is 29.0. The van der Waals surface area contributed by atoms with Gasteiger partial charge in [0, 0.05) is 36.6 Å². The maximum Gasteiger partial charge on any atom is 0.243 e. The largest absolute Gasteiger partial charge is 0.335 e. The molecule has 0 saturated carbocycles. The molecule has 0 unspecified atom stereocenters. The van der Waals surface area contributed by atoms with Crippen LogP contribution in [-0.2, 0) is 16.1 Å². The lowest BCUT2D eigenvalue weighted by Crippen LogP contribution is -2.40. The smallest absolute Gasteiger partial charge is 0.243 e. The Bertz CT molecular complexity index is 1350. The molecule has 0 radical (unpaired) electrons. The van der Waals surface area contributed by atoms with Crippen LogP contribution in [0.4, 0.5) is 5.69 Å². The van der Waals surface area contributed by atoms with Gasteiger partial charge in [0.15, 0.2) is 0 Å². The van der Waals surface area contributed by atoms with Crippen molar-refractivity contribution in [1.29, 1.82) is 0 Å². The lowest BCUT2D eigenvalue weighted by molar-refractivity contribution is -0.134. The molecule has 190 valence electrons. The minimum Gasteiger partial charge on any atom is -0.335 e. The first-order chi connectivity index (χ1) is 17.8. The van der Waals surface area contributed by atoms with E-state index in [2.05, 4.69) is 5.32 Å². The van der Waals surface area contributed by atoms with E-state index in [1.54, 1.807) is 7.05 Å². The number of hydrogen-bond donors (Lipinski definition) is 1. The van der Waals surface area contributed by atoms with Crippen molar-refractivity contribution < 1.29 is 9.59 Å². The van der Waals surface area contributed by atoms with Gasteiger partial charge < -0.3 is 10.2 Å². The average Bonchev–Trinajstić information content (AvgIpc) is 3.31. The van der Waals surface area contributed by atoms with Crippen LogP contribution in [0.1, 0.15) is 16.7 Å². The number of carbonyl (C=O) groups excluding carboxylic acids is 2. The Morgan fingerprint density at radius 1 is 0.838 bits per heavy atom. The number of rotatable bonds is 9. The first-order valence-corrected chi connectivity index (χ1v) is 12.3. The number of anilines is 1. The summed E-state index contributed by atoms with van der Waals surface area (Å²) >= 11 is 0. The lowest BCUT2D eigenvalue weighted by atomic mass is 10.1. The van der Waals surface area contributed by atoms with Gasteiger partial charge in [-0.1, -0.05) is 66.7 Å². The maximum atomic E-state index is 12.9. The normalized spacial score (nSPS) is 10.9. The van der Waals surface area contributed by atoms with Gasteiger partial charge in [-0.05, 0) is 44.2 Å². The number of aromatic nitrogens is 2. The Hall–Kier alpha value is -4.23. The third-order valence-electron chi connectivity index (χ3n) is 6.26. The van der Waals surface area contributed by atoms with Gasteiger partial charge in [0.1, 0.15) is 0 Å². The van der Waals surface area contributed by atoms with Gasteiger partial charge in [-0.2, -0.15) is 5.10 Å². The third-order valence-corrected chi connectivity index (χ3v) is 6.26.